The minimum absolute atomic E-state index is 0.0916. The van der Waals surface area contributed by atoms with Crippen LogP contribution in [-0.2, 0) is 0 Å². The second kappa shape index (κ2) is 8.45. The molecule has 6 aromatic rings. The van der Waals surface area contributed by atoms with Gasteiger partial charge in [0.15, 0.2) is 0 Å². The minimum atomic E-state index is 0.0916. The maximum Gasteiger partial charge on any atom is 0.225 e. The number of hydrogen-bond donors (Lipinski definition) is 1. The molecule has 2 aromatic heterocycles. The van der Waals surface area contributed by atoms with E-state index >= 15 is 0 Å². The first-order valence-corrected chi connectivity index (χ1v) is 11.4. The maximum atomic E-state index is 4.78. The predicted molar refractivity (Wildman–Crippen MR) is 138 cm³/mol. The number of imidazole rings is 1. The molecule has 0 aliphatic rings. The summed E-state index contributed by atoms with van der Waals surface area (Å²) in [6.45, 7) is 2.11. The van der Waals surface area contributed by atoms with Crippen molar-refractivity contribution in [1.29, 1.82) is 0 Å². The third kappa shape index (κ3) is 3.67. The van der Waals surface area contributed by atoms with E-state index in [-0.39, 0.29) is 6.04 Å². The molecule has 1 atom stereocenters. The van der Waals surface area contributed by atoms with E-state index in [1.807, 2.05) is 35.2 Å². The topological polar surface area (TPSA) is 55.6 Å². The summed E-state index contributed by atoms with van der Waals surface area (Å²) in [5.41, 5.74) is 5.47. The summed E-state index contributed by atoms with van der Waals surface area (Å²) in [6.07, 6.45) is 3.60. The van der Waals surface area contributed by atoms with Crippen LogP contribution in [0.2, 0.25) is 0 Å². The van der Waals surface area contributed by atoms with Crippen molar-refractivity contribution >= 4 is 27.8 Å². The molecule has 0 unspecified atom stereocenters. The number of hydrogen-bond acceptors (Lipinski definition) is 4. The minimum Gasteiger partial charge on any atom is -0.348 e. The van der Waals surface area contributed by atoms with Gasteiger partial charge in [0, 0.05) is 6.20 Å². The normalized spacial score (nSPS) is 12.1. The average molecular weight is 442 g/mol. The lowest BCUT2D eigenvalue weighted by atomic mass is 9.98. The molecule has 4 aromatic carbocycles. The Morgan fingerprint density at radius 3 is 2.53 bits per heavy atom. The van der Waals surface area contributed by atoms with Crippen LogP contribution in [0.1, 0.15) is 18.5 Å². The molecule has 34 heavy (non-hydrogen) atoms. The number of nitrogens with zero attached hydrogens (tertiary/aromatic N) is 4. The maximum absolute atomic E-state index is 4.78. The first-order valence-electron chi connectivity index (χ1n) is 11.4. The Bertz CT molecular complexity index is 1600. The van der Waals surface area contributed by atoms with Crippen molar-refractivity contribution in [2.45, 2.75) is 13.0 Å². The van der Waals surface area contributed by atoms with Crippen molar-refractivity contribution in [2.75, 3.05) is 5.32 Å². The summed E-state index contributed by atoms with van der Waals surface area (Å²) in [4.78, 5) is 13.8. The van der Waals surface area contributed by atoms with Gasteiger partial charge in [-0.15, -0.1) is 0 Å². The number of benzene rings is 4. The van der Waals surface area contributed by atoms with Crippen LogP contribution in [0.15, 0.2) is 110 Å². The highest BCUT2D eigenvalue weighted by atomic mass is 15.2. The van der Waals surface area contributed by atoms with Crippen LogP contribution >= 0.6 is 0 Å². The molecule has 164 valence electrons. The number of fused-ring (bicyclic) bond motifs is 2. The molecule has 0 amide bonds. The number of anilines is 1. The van der Waals surface area contributed by atoms with E-state index in [2.05, 4.69) is 95.0 Å². The average Bonchev–Trinajstić information content (AvgIpc) is 3.32. The Hall–Kier alpha value is -4.51. The van der Waals surface area contributed by atoms with E-state index in [0.717, 1.165) is 22.4 Å². The fourth-order valence-electron chi connectivity index (χ4n) is 4.41. The highest BCUT2D eigenvalue weighted by molar-refractivity contribution is 5.98. The van der Waals surface area contributed by atoms with E-state index in [9.17, 15) is 0 Å². The number of aromatic nitrogens is 4. The second-order valence-electron chi connectivity index (χ2n) is 8.36. The zero-order valence-electron chi connectivity index (χ0n) is 18.8. The Balaban J connectivity index is 1.39. The summed E-state index contributed by atoms with van der Waals surface area (Å²) in [5.74, 6) is 1.36. The fraction of sp³-hybridized carbons (Fsp3) is 0.0690. The smallest absolute Gasteiger partial charge is 0.225 e. The molecule has 5 nitrogen and oxygen atoms in total. The van der Waals surface area contributed by atoms with Crippen molar-refractivity contribution in [2.24, 2.45) is 0 Å². The molecule has 0 aliphatic heterocycles. The largest absolute Gasteiger partial charge is 0.348 e. The van der Waals surface area contributed by atoms with Crippen molar-refractivity contribution in [1.82, 2.24) is 19.5 Å². The lowest BCUT2D eigenvalue weighted by Gasteiger charge is -2.15. The molecular formula is C29H23N5. The Morgan fingerprint density at radius 1 is 0.794 bits per heavy atom. The summed E-state index contributed by atoms with van der Waals surface area (Å²) in [6, 6.07) is 33.6. The van der Waals surface area contributed by atoms with Crippen molar-refractivity contribution in [3.05, 3.63) is 115 Å². The highest BCUT2D eigenvalue weighted by Crippen LogP contribution is 2.31. The van der Waals surface area contributed by atoms with Gasteiger partial charge in [0.1, 0.15) is 12.1 Å². The molecule has 1 N–H and O–H groups in total. The quantitative estimate of drug-likeness (QED) is 0.319. The standard InChI is InChI=1S/C29H23N5/c1-20(21-8-3-2-4-9-21)32-29-30-17-16-28(33-29)34-19-31-26-15-14-23(18-27(26)34)25-13-7-11-22-10-5-6-12-24(22)25/h2-20H,1H3,(H,30,32,33)/t20-/m0/s1. The van der Waals surface area contributed by atoms with Crippen LogP contribution in [0.25, 0.3) is 38.8 Å². The molecule has 0 aliphatic carbocycles. The van der Waals surface area contributed by atoms with E-state index < -0.39 is 0 Å². The second-order valence-corrected chi connectivity index (χ2v) is 8.36. The molecule has 0 radical (unpaired) electrons. The van der Waals surface area contributed by atoms with Gasteiger partial charge in [-0.1, -0.05) is 78.9 Å². The van der Waals surface area contributed by atoms with Crippen LogP contribution in [0.5, 0.6) is 0 Å². The first-order chi connectivity index (χ1) is 16.8. The van der Waals surface area contributed by atoms with E-state index in [0.29, 0.717) is 5.95 Å². The van der Waals surface area contributed by atoms with Gasteiger partial charge >= 0.3 is 0 Å². The van der Waals surface area contributed by atoms with Gasteiger partial charge < -0.3 is 5.32 Å². The molecule has 2 heterocycles. The van der Waals surface area contributed by atoms with Gasteiger partial charge in [0.2, 0.25) is 5.95 Å². The Kier molecular flexibility index (Phi) is 5.00. The van der Waals surface area contributed by atoms with Crippen LogP contribution in [-0.4, -0.2) is 19.5 Å². The summed E-state index contributed by atoms with van der Waals surface area (Å²) >= 11 is 0. The van der Waals surface area contributed by atoms with Gasteiger partial charge in [-0.3, -0.25) is 4.57 Å². The molecule has 0 fully saturated rings. The molecule has 0 bridgehead atoms. The van der Waals surface area contributed by atoms with E-state index in [4.69, 9.17) is 4.98 Å². The summed E-state index contributed by atoms with van der Waals surface area (Å²) in [7, 11) is 0. The lowest BCUT2D eigenvalue weighted by Crippen LogP contribution is -2.10. The van der Waals surface area contributed by atoms with Crippen molar-refractivity contribution in [3.8, 4) is 16.9 Å². The predicted octanol–water partition coefficient (Wildman–Crippen LogP) is 6.81. The first kappa shape index (κ1) is 20.1. The molecule has 0 saturated heterocycles. The molecule has 5 heteroatoms. The van der Waals surface area contributed by atoms with E-state index in [1.165, 1.54) is 21.9 Å². The Labute approximate surface area is 197 Å². The molecule has 6 rings (SSSR count). The number of nitrogens with one attached hydrogen (secondary N) is 1. The lowest BCUT2D eigenvalue weighted by molar-refractivity contribution is 0.854. The highest BCUT2D eigenvalue weighted by Gasteiger charge is 2.12. The Morgan fingerprint density at radius 2 is 1.62 bits per heavy atom. The SMILES string of the molecule is C[C@H](Nc1nccc(-n2cnc3ccc(-c4cccc5ccccc45)cc32)n1)c1ccccc1. The third-order valence-electron chi connectivity index (χ3n) is 6.18. The summed E-state index contributed by atoms with van der Waals surface area (Å²) in [5, 5.41) is 5.87. The number of rotatable bonds is 5. The van der Waals surface area contributed by atoms with Crippen LogP contribution in [0.4, 0.5) is 5.95 Å². The van der Waals surface area contributed by atoms with Crippen LogP contribution in [0.3, 0.4) is 0 Å². The van der Waals surface area contributed by atoms with Crippen LogP contribution in [0, 0.1) is 0 Å². The van der Waals surface area contributed by atoms with E-state index in [1.54, 1.807) is 6.20 Å². The van der Waals surface area contributed by atoms with Gasteiger partial charge in [0.05, 0.1) is 17.1 Å². The van der Waals surface area contributed by atoms with Gasteiger partial charge in [-0.25, -0.2) is 9.97 Å². The zero-order chi connectivity index (χ0) is 22.9. The van der Waals surface area contributed by atoms with Crippen molar-refractivity contribution < 1.29 is 0 Å². The van der Waals surface area contributed by atoms with Crippen LogP contribution < -0.4 is 5.32 Å². The molecule has 0 saturated carbocycles. The monoisotopic (exact) mass is 441 g/mol. The molecule has 0 spiro atoms. The van der Waals surface area contributed by atoms with Gasteiger partial charge in [0.25, 0.3) is 0 Å². The zero-order valence-corrected chi connectivity index (χ0v) is 18.8. The van der Waals surface area contributed by atoms with Gasteiger partial charge in [-0.05, 0) is 52.6 Å². The molecular weight excluding hydrogens is 418 g/mol. The third-order valence-corrected chi connectivity index (χ3v) is 6.18. The van der Waals surface area contributed by atoms with Gasteiger partial charge in [-0.2, -0.15) is 4.98 Å². The van der Waals surface area contributed by atoms with Crippen molar-refractivity contribution in [3.63, 3.8) is 0 Å². The summed E-state index contributed by atoms with van der Waals surface area (Å²) < 4.78 is 2.02. The fourth-order valence-corrected chi connectivity index (χ4v) is 4.41.